The van der Waals surface area contributed by atoms with Crippen LogP contribution in [0.1, 0.15) is 78.9 Å². The molecule has 14 heteroatoms. The van der Waals surface area contributed by atoms with E-state index in [-0.39, 0.29) is 17.4 Å². The zero-order valence-electron chi connectivity index (χ0n) is 34.9. The fourth-order valence-corrected chi connectivity index (χ4v) is 10.6. The lowest BCUT2D eigenvalue weighted by atomic mass is 9.65. The van der Waals surface area contributed by atoms with Gasteiger partial charge in [-0.05, 0) is 135 Å². The molecule has 61 heavy (non-hydrogen) atoms. The maximum atomic E-state index is 13.9. The molecule has 2 aromatic heterocycles. The number of aryl methyl sites for hydroxylation is 1. The van der Waals surface area contributed by atoms with Crippen molar-refractivity contribution in [1.29, 1.82) is 0 Å². The fourth-order valence-electron chi connectivity index (χ4n) is 9.71. The van der Waals surface area contributed by atoms with Gasteiger partial charge in [-0.25, -0.2) is 4.98 Å². The molecule has 322 valence electrons. The summed E-state index contributed by atoms with van der Waals surface area (Å²) >= 11 is 7.58. The molecule has 4 aliphatic rings. The minimum atomic E-state index is -0.282. The van der Waals surface area contributed by atoms with Gasteiger partial charge < -0.3 is 40.4 Å². The van der Waals surface area contributed by atoms with Crippen molar-refractivity contribution in [1.82, 2.24) is 19.6 Å². The number of carbonyl (C=O) groups is 2. The average Bonchev–Trinajstić information content (AvgIpc) is 3.99. The van der Waals surface area contributed by atoms with Crippen LogP contribution in [-0.2, 0) is 9.53 Å². The number of nitrogens with two attached hydrogens (primary N) is 1. The molecule has 0 radical (unpaired) electrons. The second-order valence-corrected chi connectivity index (χ2v) is 18.1. The first kappa shape index (κ1) is 42.7. The summed E-state index contributed by atoms with van der Waals surface area (Å²) in [6.07, 6.45) is 11.7. The molecule has 0 bridgehead atoms. The van der Waals surface area contributed by atoms with Gasteiger partial charge in [-0.3, -0.25) is 14.3 Å². The van der Waals surface area contributed by atoms with Crippen molar-refractivity contribution < 1.29 is 24.2 Å². The van der Waals surface area contributed by atoms with E-state index in [1.807, 2.05) is 66.9 Å². The molecular weight excluding hydrogens is 810 g/mol. The number of aromatic amines is 1. The van der Waals surface area contributed by atoms with Crippen LogP contribution in [0.5, 0.6) is 11.5 Å². The Bertz CT molecular complexity index is 2340. The number of amides is 2. The minimum absolute atomic E-state index is 0.116. The number of halogens is 1. The number of nitrogens with zero attached hydrogens (tertiary/aromatic N) is 3. The van der Waals surface area contributed by atoms with E-state index in [1.165, 1.54) is 17.5 Å². The highest BCUT2D eigenvalue weighted by molar-refractivity contribution is 7.98. The quantitative estimate of drug-likeness (QED) is 0.0466. The number of H-pyrrole nitrogens is 1. The lowest BCUT2D eigenvalue weighted by Gasteiger charge is -2.56. The number of fused-ring (bicyclic) bond motifs is 1. The number of hydrogen-bond donors (Lipinski definition) is 5. The Morgan fingerprint density at radius 1 is 1.02 bits per heavy atom. The van der Waals surface area contributed by atoms with Gasteiger partial charge >= 0.3 is 0 Å². The Morgan fingerprint density at radius 2 is 1.80 bits per heavy atom. The second kappa shape index (κ2) is 19.0. The van der Waals surface area contributed by atoms with Crippen LogP contribution in [0, 0.1) is 24.2 Å². The molecule has 1 unspecified atom stereocenters. The Balaban J connectivity index is 0.00000253. The van der Waals surface area contributed by atoms with Gasteiger partial charge in [-0.2, -0.15) is 0 Å². The number of anilines is 3. The van der Waals surface area contributed by atoms with E-state index in [0.29, 0.717) is 40.5 Å². The van der Waals surface area contributed by atoms with Crippen LogP contribution in [0.15, 0.2) is 84.0 Å². The summed E-state index contributed by atoms with van der Waals surface area (Å²) in [4.78, 5) is 40.7. The first-order valence-corrected chi connectivity index (χ1v) is 22.6. The van der Waals surface area contributed by atoms with E-state index in [1.54, 1.807) is 6.20 Å². The average molecular weight is 867 g/mol. The van der Waals surface area contributed by atoms with Crippen molar-refractivity contribution >= 4 is 63.5 Å². The third kappa shape index (κ3) is 9.16. The van der Waals surface area contributed by atoms with Gasteiger partial charge in [0.1, 0.15) is 17.1 Å². The summed E-state index contributed by atoms with van der Waals surface area (Å²) in [6, 6.07) is 21.7. The number of pyridine rings is 1. The van der Waals surface area contributed by atoms with Gasteiger partial charge in [0, 0.05) is 79.8 Å². The number of hydrogen-bond acceptors (Lipinski definition) is 10. The zero-order valence-corrected chi connectivity index (χ0v) is 36.5. The standard InChI is InChI=1S/C46H52ClN7O4S.CH4O/c1-29-22-33(47)4-7-37(29)42-46(15-2-3-16-46)45(56)54(42)28-31-11-18-53(19-12-31)34-5-8-38(41(24-34)58-35-23-32-10-17-49-43(32)51-27-35)44(55)52-59-36-6-9-40(39(48)25-36)50-26-30-13-20-57-21-14-30;1-2/h4-10,17,22-25,27,30-31,42,50H,2-3,11-16,18-21,26,28,48H2,1H3,(H,49,51)(H,52,55);2H,1H3. The molecule has 1 saturated carbocycles. The lowest BCUT2D eigenvalue weighted by Crippen LogP contribution is -2.63. The summed E-state index contributed by atoms with van der Waals surface area (Å²) < 4.78 is 15.0. The van der Waals surface area contributed by atoms with Gasteiger partial charge in [0.05, 0.1) is 34.6 Å². The Hall–Kier alpha value is -4.95. The number of benzene rings is 3. The van der Waals surface area contributed by atoms with E-state index in [2.05, 4.69) is 42.8 Å². The van der Waals surface area contributed by atoms with Crippen molar-refractivity contribution in [2.24, 2.45) is 17.3 Å². The predicted octanol–water partition coefficient (Wildman–Crippen LogP) is 9.14. The van der Waals surface area contributed by atoms with E-state index < -0.39 is 0 Å². The molecule has 1 atom stereocenters. The smallest absolute Gasteiger partial charge is 0.265 e. The molecule has 9 rings (SSSR count). The number of nitrogen functional groups attached to an aromatic ring is 1. The Labute approximate surface area is 367 Å². The summed E-state index contributed by atoms with van der Waals surface area (Å²) in [5.74, 6) is 1.99. The van der Waals surface area contributed by atoms with Gasteiger partial charge in [-0.1, -0.05) is 30.5 Å². The molecule has 3 aromatic carbocycles. The van der Waals surface area contributed by atoms with Gasteiger partial charge in [0.2, 0.25) is 5.91 Å². The van der Waals surface area contributed by atoms with Crippen molar-refractivity contribution in [2.75, 3.05) is 62.5 Å². The van der Waals surface area contributed by atoms with Crippen LogP contribution in [0.25, 0.3) is 11.0 Å². The predicted molar refractivity (Wildman–Crippen MR) is 243 cm³/mol. The first-order valence-electron chi connectivity index (χ1n) is 21.4. The number of aliphatic hydroxyl groups excluding tert-OH is 1. The third-order valence-corrected chi connectivity index (χ3v) is 14.0. The van der Waals surface area contributed by atoms with Crippen LogP contribution >= 0.6 is 23.5 Å². The van der Waals surface area contributed by atoms with Gasteiger partial charge in [0.15, 0.2) is 0 Å². The second-order valence-electron chi connectivity index (χ2n) is 16.7. The number of piperidine rings is 1. The summed E-state index contributed by atoms with van der Waals surface area (Å²) in [5.41, 5.74) is 12.2. The highest BCUT2D eigenvalue weighted by Crippen LogP contribution is 2.60. The number of rotatable bonds is 12. The molecule has 5 heterocycles. The van der Waals surface area contributed by atoms with Crippen molar-refractivity contribution in [3.8, 4) is 11.5 Å². The fraction of sp³-hybridized carbons (Fsp3) is 0.426. The summed E-state index contributed by atoms with van der Waals surface area (Å²) in [5, 5.41) is 12.1. The molecule has 5 aromatic rings. The Kier molecular flexibility index (Phi) is 13.3. The largest absolute Gasteiger partial charge is 0.455 e. The highest BCUT2D eigenvalue weighted by atomic mass is 35.5. The lowest BCUT2D eigenvalue weighted by molar-refractivity contribution is -0.174. The molecule has 3 saturated heterocycles. The summed E-state index contributed by atoms with van der Waals surface area (Å²) in [6.45, 7) is 7.02. The number of ether oxygens (including phenoxy) is 2. The van der Waals surface area contributed by atoms with Crippen molar-refractivity contribution in [3.63, 3.8) is 0 Å². The zero-order chi connectivity index (χ0) is 42.5. The van der Waals surface area contributed by atoms with E-state index in [0.717, 1.165) is 136 Å². The topological polar surface area (TPSA) is 158 Å². The molecule has 12 nitrogen and oxygen atoms in total. The number of nitrogens with one attached hydrogen (secondary N) is 3. The van der Waals surface area contributed by atoms with Gasteiger partial charge in [-0.15, -0.1) is 0 Å². The van der Waals surface area contributed by atoms with Gasteiger partial charge in [0.25, 0.3) is 5.91 Å². The van der Waals surface area contributed by atoms with E-state index in [9.17, 15) is 9.59 Å². The van der Waals surface area contributed by atoms with Crippen LogP contribution in [0.2, 0.25) is 5.02 Å². The number of β-lactam (4-membered cyclic amide) rings is 1. The number of likely N-dealkylation sites (tertiary alicyclic amines) is 1. The van der Waals surface area contributed by atoms with E-state index in [4.69, 9.17) is 31.9 Å². The van der Waals surface area contributed by atoms with Crippen molar-refractivity contribution in [2.45, 2.75) is 69.2 Å². The maximum absolute atomic E-state index is 13.9. The van der Waals surface area contributed by atoms with E-state index >= 15 is 0 Å². The molecule has 6 N–H and O–H groups in total. The van der Waals surface area contributed by atoms with Crippen molar-refractivity contribution in [3.05, 3.63) is 101 Å². The molecule has 1 aliphatic carbocycles. The summed E-state index contributed by atoms with van der Waals surface area (Å²) in [7, 11) is 1.00. The minimum Gasteiger partial charge on any atom is -0.455 e. The highest BCUT2D eigenvalue weighted by Gasteiger charge is 2.61. The van der Waals surface area contributed by atoms with Crippen LogP contribution < -0.4 is 25.4 Å². The third-order valence-electron chi connectivity index (χ3n) is 13.0. The van der Waals surface area contributed by atoms with Crippen LogP contribution in [-0.4, -0.2) is 78.3 Å². The molecule has 4 fully saturated rings. The number of carbonyl (C=O) groups excluding carboxylic acids is 2. The SMILES string of the molecule is CO.Cc1cc(Cl)ccc1C1N(CC2CCN(c3ccc(C(=O)NSc4ccc(NCC5CCOCC5)c(N)c4)c(Oc4cnc5[nH]ccc5c4)c3)CC2)C(=O)C12CCCC2. The number of aliphatic hydroxyl groups is 1. The Morgan fingerprint density at radius 3 is 2.56 bits per heavy atom. The maximum Gasteiger partial charge on any atom is 0.265 e. The first-order chi connectivity index (χ1) is 29.7. The monoisotopic (exact) mass is 865 g/mol. The molecular formula is C47H56ClN7O5S. The van der Waals surface area contributed by atoms with Crippen LogP contribution in [0.3, 0.4) is 0 Å². The number of aromatic nitrogens is 2. The molecule has 3 aliphatic heterocycles. The molecule has 2 amide bonds. The molecule has 1 spiro atoms. The normalized spacial score (nSPS) is 19.1. The van der Waals surface area contributed by atoms with Crippen LogP contribution in [0.4, 0.5) is 17.1 Å².